The van der Waals surface area contributed by atoms with Crippen LogP contribution in [-0.4, -0.2) is 16.3 Å². The average molecular weight is 249 g/mol. The molecule has 0 heterocycles. The lowest BCUT2D eigenvalue weighted by Crippen LogP contribution is -2.17. The molecule has 1 aromatic rings. The van der Waals surface area contributed by atoms with Gasteiger partial charge in [-0.2, -0.15) is 18.4 Å². The number of benzene rings is 1. The van der Waals surface area contributed by atoms with Gasteiger partial charge in [-0.05, 0) is 12.1 Å². The van der Waals surface area contributed by atoms with Crippen molar-refractivity contribution < 1.29 is 27.8 Å². The third-order valence-corrected chi connectivity index (χ3v) is 2.08. The smallest absolute Gasteiger partial charge is 0.384 e. The number of halogens is 4. The van der Waals surface area contributed by atoms with E-state index in [1.165, 1.54) is 6.07 Å². The quantitative estimate of drug-likeness (QED) is 0.620. The third kappa shape index (κ3) is 2.93. The molecule has 0 spiro atoms. The number of rotatable bonds is 2. The normalized spacial score (nSPS) is 15.1. The number of nitrogens with zero attached hydrogens (tertiary/aromatic N) is 1. The van der Waals surface area contributed by atoms with Crippen LogP contribution in [0.4, 0.5) is 17.6 Å². The first-order chi connectivity index (χ1) is 7.77. The summed E-state index contributed by atoms with van der Waals surface area (Å²) in [6.07, 6.45) is -8.48. The van der Waals surface area contributed by atoms with Gasteiger partial charge in [0.1, 0.15) is 11.9 Å². The Balaban J connectivity index is 3.11. The van der Waals surface area contributed by atoms with Crippen molar-refractivity contribution in [1.29, 1.82) is 5.26 Å². The Kier molecular flexibility index (Phi) is 3.70. The lowest BCUT2D eigenvalue weighted by Gasteiger charge is -2.14. The van der Waals surface area contributed by atoms with Crippen molar-refractivity contribution in [2.24, 2.45) is 0 Å². The summed E-state index contributed by atoms with van der Waals surface area (Å²) >= 11 is 0. The maximum atomic E-state index is 13.2. The minimum absolute atomic E-state index is 0.197. The van der Waals surface area contributed by atoms with E-state index in [2.05, 4.69) is 0 Å². The molecule has 3 nitrogen and oxygen atoms in total. The molecule has 0 amide bonds. The van der Waals surface area contributed by atoms with Crippen molar-refractivity contribution in [2.45, 2.75) is 18.4 Å². The molecule has 0 aliphatic carbocycles. The molecule has 0 bridgehead atoms. The fourth-order valence-corrected chi connectivity index (χ4v) is 1.18. The van der Waals surface area contributed by atoms with Crippen LogP contribution >= 0.6 is 0 Å². The van der Waals surface area contributed by atoms with Crippen molar-refractivity contribution in [3.8, 4) is 6.07 Å². The number of nitriles is 1. The van der Waals surface area contributed by atoms with Crippen LogP contribution in [0.1, 0.15) is 17.2 Å². The Morgan fingerprint density at radius 1 is 1.24 bits per heavy atom. The molecule has 0 aromatic heterocycles. The molecular formula is C10H7F4NO2. The second kappa shape index (κ2) is 4.69. The first-order valence-electron chi connectivity index (χ1n) is 4.39. The summed E-state index contributed by atoms with van der Waals surface area (Å²) in [5.74, 6) is -1.33. The standard InChI is InChI=1S/C10H7F4NO2/c11-7-3-5(10(12,13)14)1-2-6(7)9(17)8(16)4-15/h1-3,8-9,16-17H. The molecule has 92 valence electrons. The first kappa shape index (κ1) is 13.4. The number of hydrogen-bond donors (Lipinski definition) is 2. The van der Waals surface area contributed by atoms with Crippen LogP contribution in [0.3, 0.4) is 0 Å². The zero-order valence-corrected chi connectivity index (χ0v) is 8.24. The van der Waals surface area contributed by atoms with E-state index in [0.29, 0.717) is 12.1 Å². The fraction of sp³-hybridized carbons (Fsp3) is 0.300. The molecule has 0 aliphatic heterocycles. The van der Waals surface area contributed by atoms with Gasteiger partial charge in [0, 0.05) is 5.56 Å². The topological polar surface area (TPSA) is 64.2 Å². The highest BCUT2D eigenvalue weighted by Crippen LogP contribution is 2.31. The van der Waals surface area contributed by atoms with Crippen LogP contribution < -0.4 is 0 Å². The van der Waals surface area contributed by atoms with E-state index in [1.807, 2.05) is 0 Å². The van der Waals surface area contributed by atoms with Crippen LogP contribution in [0.15, 0.2) is 18.2 Å². The predicted molar refractivity (Wildman–Crippen MR) is 48.0 cm³/mol. The van der Waals surface area contributed by atoms with Crippen molar-refractivity contribution >= 4 is 0 Å². The van der Waals surface area contributed by atoms with E-state index in [1.54, 1.807) is 0 Å². The Labute approximate surface area is 93.5 Å². The maximum absolute atomic E-state index is 13.2. The lowest BCUT2D eigenvalue weighted by molar-refractivity contribution is -0.137. The van der Waals surface area contributed by atoms with Gasteiger partial charge in [0.25, 0.3) is 0 Å². The molecule has 1 rings (SSSR count). The molecule has 0 radical (unpaired) electrons. The molecule has 0 fully saturated rings. The van der Waals surface area contributed by atoms with E-state index >= 15 is 0 Å². The molecule has 0 aliphatic rings. The molecule has 7 heteroatoms. The Bertz CT molecular complexity index is 453. The highest BCUT2D eigenvalue weighted by molar-refractivity contribution is 5.29. The van der Waals surface area contributed by atoms with E-state index in [0.717, 1.165) is 0 Å². The zero-order valence-electron chi connectivity index (χ0n) is 8.24. The molecule has 0 saturated heterocycles. The Morgan fingerprint density at radius 2 is 1.82 bits per heavy atom. The van der Waals surface area contributed by atoms with Crippen LogP contribution in [0.25, 0.3) is 0 Å². The van der Waals surface area contributed by atoms with Gasteiger partial charge < -0.3 is 10.2 Å². The highest BCUT2D eigenvalue weighted by Gasteiger charge is 2.32. The third-order valence-electron chi connectivity index (χ3n) is 2.08. The second-order valence-corrected chi connectivity index (χ2v) is 3.25. The number of aliphatic hydroxyl groups is 2. The Morgan fingerprint density at radius 3 is 2.24 bits per heavy atom. The minimum atomic E-state index is -4.70. The molecule has 1 aromatic carbocycles. The van der Waals surface area contributed by atoms with Gasteiger partial charge in [-0.3, -0.25) is 0 Å². The lowest BCUT2D eigenvalue weighted by atomic mass is 10.0. The van der Waals surface area contributed by atoms with Crippen LogP contribution in [-0.2, 0) is 6.18 Å². The van der Waals surface area contributed by atoms with Gasteiger partial charge in [-0.1, -0.05) is 6.07 Å². The first-order valence-corrected chi connectivity index (χ1v) is 4.39. The molecule has 17 heavy (non-hydrogen) atoms. The average Bonchev–Trinajstić information content (AvgIpc) is 2.25. The van der Waals surface area contributed by atoms with Gasteiger partial charge in [0.2, 0.25) is 0 Å². The van der Waals surface area contributed by atoms with E-state index < -0.39 is 35.3 Å². The number of alkyl halides is 3. The molecular weight excluding hydrogens is 242 g/mol. The summed E-state index contributed by atoms with van der Waals surface area (Å²) in [7, 11) is 0. The van der Waals surface area contributed by atoms with Crippen LogP contribution in [0, 0.1) is 17.1 Å². The molecule has 2 N–H and O–H groups in total. The minimum Gasteiger partial charge on any atom is -0.384 e. The van der Waals surface area contributed by atoms with Gasteiger partial charge in [-0.15, -0.1) is 0 Å². The van der Waals surface area contributed by atoms with Crippen molar-refractivity contribution in [1.82, 2.24) is 0 Å². The van der Waals surface area contributed by atoms with Gasteiger partial charge in [-0.25, -0.2) is 4.39 Å². The second-order valence-electron chi connectivity index (χ2n) is 3.25. The summed E-state index contributed by atoms with van der Waals surface area (Å²) in [5, 5.41) is 26.5. The summed E-state index contributed by atoms with van der Waals surface area (Å²) in [4.78, 5) is 0. The van der Waals surface area contributed by atoms with Crippen molar-refractivity contribution in [3.05, 3.63) is 35.1 Å². The SMILES string of the molecule is N#CC(O)C(O)c1ccc(C(F)(F)F)cc1F. The van der Waals surface area contributed by atoms with Gasteiger partial charge in [0.05, 0.1) is 11.6 Å². The van der Waals surface area contributed by atoms with E-state index in [9.17, 15) is 22.7 Å². The summed E-state index contributed by atoms with van der Waals surface area (Å²) in [6.45, 7) is 0. The Hall–Kier alpha value is -1.65. The van der Waals surface area contributed by atoms with Crippen LogP contribution in [0.2, 0.25) is 0 Å². The van der Waals surface area contributed by atoms with Crippen LogP contribution in [0.5, 0.6) is 0 Å². The zero-order chi connectivity index (χ0) is 13.2. The van der Waals surface area contributed by atoms with E-state index in [-0.39, 0.29) is 6.07 Å². The summed E-state index contributed by atoms with van der Waals surface area (Å²) < 4.78 is 49.8. The predicted octanol–water partition coefficient (Wildman–Crippen LogP) is 1.76. The van der Waals surface area contributed by atoms with Crippen molar-refractivity contribution in [2.75, 3.05) is 0 Å². The number of aliphatic hydroxyl groups excluding tert-OH is 2. The largest absolute Gasteiger partial charge is 0.416 e. The maximum Gasteiger partial charge on any atom is 0.416 e. The summed E-state index contributed by atoms with van der Waals surface area (Å²) in [6, 6.07) is 2.69. The monoisotopic (exact) mass is 249 g/mol. The summed E-state index contributed by atoms with van der Waals surface area (Å²) in [5.41, 5.74) is -1.77. The van der Waals surface area contributed by atoms with Gasteiger partial charge in [0.15, 0.2) is 6.10 Å². The van der Waals surface area contributed by atoms with Gasteiger partial charge >= 0.3 is 6.18 Å². The molecule has 0 saturated carbocycles. The number of hydrogen-bond acceptors (Lipinski definition) is 3. The molecule has 2 atom stereocenters. The van der Waals surface area contributed by atoms with E-state index in [4.69, 9.17) is 10.4 Å². The highest BCUT2D eigenvalue weighted by atomic mass is 19.4. The fourth-order valence-electron chi connectivity index (χ4n) is 1.18. The molecule has 2 unspecified atom stereocenters. The van der Waals surface area contributed by atoms with Crippen molar-refractivity contribution in [3.63, 3.8) is 0 Å².